The fraction of sp³-hybridized carbons (Fsp3) is 0.167. The van der Waals surface area contributed by atoms with Crippen LogP contribution in [0.15, 0.2) is 71.1 Å². The minimum atomic E-state index is -0.0407. The zero-order chi connectivity index (χ0) is 20.2. The van der Waals surface area contributed by atoms with Gasteiger partial charge in [0, 0.05) is 17.7 Å². The monoisotopic (exact) mass is 386 g/mol. The molecule has 5 nitrogen and oxygen atoms in total. The van der Waals surface area contributed by atoms with E-state index in [-0.39, 0.29) is 5.91 Å². The summed E-state index contributed by atoms with van der Waals surface area (Å²) in [7, 11) is 1.64. The van der Waals surface area contributed by atoms with Crippen molar-refractivity contribution >= 4 is 22.7 Å². The summed E-state index contributed by atoms with van der Waals surface area (Å²) >= 11 is 0. The van der Waals surface area contributed by atoms with Crippen LogP contribution in [-0.4, -0.2) is 18.0 Å². The summed E-state index contributed by atoms with van der Waals surface area (Å²) < 4.78 is 11.2. The zero-order valence-electron chi connectivity index (χ0n) is 16.4. The molecule has 4 rings (SSSR count). The average molecular weight is 386 g/mol. The minimum absolute atomic E-state index is 0.0407. The van der Waals surface area contributed by atoms with Crippen molar-refractivity contribution in [2.75, 3.05) is 12.4 Å². The Balaban J connectivity index is 1.40. The number of aryl methyl sites for hydroxylation is 2. The quantitative estimate of drug-likeness (QED) is 0.483. The highest BCUT2D eigenvalue weighted by Gasteiger charge is 2.10. The van der Waals surface area contributed by atoms with Crippen LogP contribution in [0.4, 0.5) is 5.69 Å². The maximum atomic E-state index is 12.3. The Morgan fingerprint density at radius 3 is 2.66 bits per heavy atom. The molecule has 1 heterocycles. The summed E-state index contributed by atoms with van der Waals surface area (Å²) in [6.45, 7) is 2.03. The summed E-state index contributed by atoms with van der Waals surface area (Å²) in [5, 5.41) is 2.93. The van der Waals surface area contributed by atoms with Gasteiger partial charge in [-0.25, -0.2) is 4.98 Å². The topological polar surface area (TPSA) is 64.4 Å². The first kappa shape index (κ1) is 18.7. The van der Waals surface area contributed by atoms with Crippen molar-refractivity contribution in [3.8, 4) is 17.2 Å². The highest BCUT2D eigenvalue weighted by molar-refractivity contribution is 5.91. The van der Waals surface area contributed by atoms with Crippen molar-refractivity contribution in [3.63, 3.8) is 0 Å². The minimum Gasteiger partial charge on any atom is -0.496 e. The zero-order valence-corrected chi connectivity index (χ0v) is 16.4. The number of fused-ring (bicyclic) bond motifs is 1. The van der Waals surface area contributed by atoms with Gasteiger partial charge < -0.3 is 14.5 Å². The predicted molar refractivity (Wildman–Crippen MR) is 114 cm³/mol. The second-order valence-electron chi connectivity index (χ2n) is 6.93. The van der Waals surface area contributed by atoms with Gasteiger partial charge in [-0.2, -0.15) is 0 Å². The van der Waals surface area contributed by atoms with Gasteiger partial charge in [-0.15, -0.1) is 0 Å². The van der Waals surface area contributed by atoms with Crippen LogP contribution in [0.25, 0.3) is 22.6 Å². The maximum Gasteiger partial charge on any atom is 0.227 e. The molecule has 0 atom stereocenters. The van der Waals surface area contributed by atoms with E-state index in [4.69, 9.17) is 9.15 Å². The number of para-hydroxylation sites is 1. The lowest BCUT2D eigenvalue weighted by atomic mass is 10.1. The summed E-state index contributed by atoms with van der Waals surface area (Å²) in [6, 6.07) is 21.2. The molecule has 0 unspecified atom stereocenters. The Morgan fingerprint density at radius 2 is 1.86 bits per heavy atom. The summed E-state index contributed by atoms with van der Waals surface area (Å²) in [5.74, 6) is 1.33. The van der Waals surface area contributed by atoms with Crippen molar-refractivity contribution in [1.82, 2.24) is 4.98 Å². The lowest BCUT2D eigenvalue weighted by Gasteiger charge is -2.09. The van der Waals surface area contributed by atoms with Crippen LogP contribution < -0.4 is 10.1 Å². The lowest BCUT2D eigenvalue weighted by Crippen LogP contribution is -2.12. The second kappa shape index (κ2) is 8.19. The van der Waals surface area contributed by atoms with Crippen molar-refractivity contribution in [3.05, 3.63) is 77.9 Å². The number of hydrogen-bond acceptors (Lipinski definition) is 4. The van der Waals surface area contributed by atoms with Crippen LogP contribution in [0.2, 0.25) is 0 Å². The molecule has 4 aromatic rings. The molecule has 29 heavy (non-hydrogen) atoms. The van der Waals surface area contributed by atoms with Crippen LogP contribution in [0.1, 0.15) is 17.5 Å². The molecule has 0 aliphatic rings. The molecule has 0 saturated carbocycles. The SMILES string of the molecule is COc1ccccc1CCC(=O)Nc1ccc(-c2nc3cc(C)ccc3o2)cc1. The molecule has 146 valence electrons. The van der Waals surface area contributed by atoms with E-state index in [1.807, 2.05) is 73.7 Å². The van der Waals surface area contributed by atoms with E-state index in [1.165, 1.54) is 0 Å². The van der Waals surface area contributed by atoms with Crippen molar-refractivity contribution in [1.29, 1.82) is 0 Å². The molecule has 1 aromatic heterocycles. The predicted octanol–water partition coefficient (Wildman–Crippen LogP) is 5.38. The highest BCUT2D eigenvalue weighted by atomic mass is 16.5. The molecular weight excluding hydrogens is 364 g/mol. The van der Waals surface area contributed by atoms with Crippen molar-refractivity contribution < 1.29 is 13.9 Å². The van der Waals surface area contributed by atoms with Crippen LogP contribution >= 0.6 is 0 Å². The van der Waals surface area contributed by atoms with Gasteiger partial charge >= 0.3 is 0 Å². The van der Waals surface area contributed by atoms with Crippen LogP contribution in [0.5, 0.6) is 5.75 Å². The Bertz CT molecular complexity index is 1150. The Hall–Kier alpha value is -3.60. The van der Waals surface area contributed by atoms with E-state index < -0.39 is 0 Å². The van der Waals surface area contributed by atoms with E-state index in [0.717, 1.165) is 39.2 Å². The summed E-state index contributed by atoms with van der Waals surface area (Å²) in [5.41, 5.74) is 5.37. The van der Waals surface area contributed by atoms with Gasteiger partial charge in [0.25, 0.3) is 0 Å². The fourth-order valence-corrected chi connectivity index (χ4v) is 3.24. The molecule has 3 aromatic carbocycles. The normalized spacial score (nSPS) is 10.8. The van der Waals surface area contributed by atoms with Crippen LogP contribution in [0.3, 0.4) is 0 Å². The van der Waals surface area contributed by atoms with Gasteiger partial charge in [-0.05, 0) is 66.9 Å². The first-order valence-electron chi connectivity index (χ1n) is 9.52. The standard InChI is InChI=1S/C24H22N2O3/c1-16-7-13-22-20(15-16)26-24(29-22)18-8-11-19(12-9-18)25-23(27)14-10-17-5-3-4-6-21(17)28-2/h3-9,11-13,15H,10,14H2,1-2H3,(H,25,27). The molecule has 0 bridgehead atoms. The van der Waals surface area contributed by atoms with Crippen LogP contribution in [-0.2, 0) is 11.2 Å². The second-order valence-corrected chi connectivity index (χ2v) is 6.93. The van der Waals surface area contributed by atoms with Crippen molar-refractivity contribution in [2.45, 2.75) is 19.8 Å². The lowest BCUT2D eigenvalue weighted by molar-refractivity contribution is -0.116. The average Bonchev–Trinajstić information content (AvgIpc) is 3.16. The van der Waals surface area contributed by atoms with Crippen molar-refractivity contribution in [2.24, 2.45) is 0 Å². The summed E-state index contributed by atoms with van der Waals surface area (Å²) in [4.78, 5) is 16.9. The number of nitrogens with zero attached hydrogens (tertiary/aromatic N) is 1. The smallest absolute Gasteiger partial charge is 0.227 e. The fourth-order valence-electron chi connectivity index (χ4n) is 3.24. The van der Waals surface area contributed by atoms with E-state index >= 15 is 0 Å². The number of benzene rings is 3. The largest absolute Gasteiger partial charge is 0.496 e. The van der Waals surface area contributed by atoms with Gasteiger partial charge in [0.15, 0.2) is 5.58 Å². The van der Waals surface area contributed by atoms with E-state index in [1.54, 1.807) is 7.11 Å². The molecule has 0 fully saturated rings. The number of oxazole rings is 1. The summed E-state index contributed by atoms with van der Waals surface area (Å²) in [6.07, 6.45) is 1.00. The number of ether oxygens (including phenoxy) is 1. The Kier molecular flexibility index (Phi) is 5.29. The molecule has 0 aliphatic carbocycles. The van der Waals surface area contributed by atoms with E-state index in [2.05, 4.69) is 10.3 Å². The van der Waals surface area contributed by atoms with Gasteiger partial charge in [0.05, 0.1) is 7.11 Å². The third kappa shape index (κ3) is 4.29. The van der Waals surface area contributed by atoms with E-state index in [0.29, 0.717) is 18.7 Å². The third-order valence-corrected chi connectivity index (χ3v) is 4.77. The molecule has 1 N–H and O–H groups in total. The molecule has 0 radical (unpaired) electrons. The van der Waals surface area contributed by atoms with Gasteiger partial charge in [-0.3, -0.25) is 4.79 Å². The number of methoxy groups -OCH3 is 1. The number of carbonyl (C=O) groups is 1. The number of nitrogens with one attached hydrogen (secondary N) is 1. The number of aromatic nitrogens is 1. The first-order chi connectivity index (χ1) is 14.1. The van der Waals surface area contributed by atoms with Gasteiger partial charge in [0.2, 0.25) is 11.8 Å². The van der Waals surface area contributed by atoms with Gasteiger partial charge in [-0.1, -0.05) is 24.3 Å². The maximum absolute atomic E-state index is 12.3. The van der Waals surface area contributed by atoms with E-state index in [9.17, 15) is 4.79 Å². The molecule has 0 aliphatic heterocycles. The number of anilines is 1. The Labute approximate surface area is 169 Å². The highest BCUT2D eigenvalue weighted by Crippen LogP contribution is 2.26. The van der Waals surface area contributed by atoms with Crippen LogP contribution in [0, 0.1) is 6.92 Å². The molecule has 1 amide bonds. The first-order valence-corrected chi connectivity index (χ1v) is 9.52. The Morgan fingerprint density at radius 1 is 1.07 bits per heavy atom. The molecule has 5 heteroatoms. The number of amides is 1. The molecular formula is C24H22N2O3. The molecule has 0 saturated heterocycles. The number of carbonyl (C=O) groups excluding carboxylic acids is 1. The van der Waals surface area contributed by atoms with Gasteiger partial charge in [0.1, 0.15) is 11.3 Å². The number of hydrogen-bond donors (Lipinski definition) is 1. The third-order valence-electron chi connectivity index (χ3n) is 4.77. The number of rotatable bonds is 6. The molecule has 0 spiro atoms.